The quantitative estimate of drug-likeness (QED) is 0.145. The first kappa shape index (κ1) is 35.1. The summed E-state index contributed by atoms with van der Waals surface area (Å²) >= 11 is 0. The van der Waals surface area contributed by atoms with Crippen molar-refractivity contribution in [3.05, 3.63) is 66.0 Å². The predicted molar refractivity (Wildman–Crippen MR) is 179 cm³/mol. The summed E-state index contributed by atoms with van der Waals surface area (Å²) in [6.07, 6.45) is 3.62. The average Bonchev–Trinajstić information content (AvgIpc) is 3.49. The Morgan fingerprint density at radius 2 is 1.57 bits per heavy atom. The molecular weight excluding hydrogens is 582 g/mol. The fourth-order valence-electron chi connectivity index (χ4n) is 6.53. The van der Waals surface area contributed by atoms with Crippen molar-refractivity contribution < 1.29 is 24.6 Å². The number of imidazole rings is 1. The van der Waals surface area contributed by atoms with Crippen LogP contribution in [0.15, 0.2) is 54.6 Å². The second-order valence-corrected chi connectivity index (χ2v) is 13.2. The lowest BCUT2D eigenvalue weighted by molar-refractivity contribution is -0.140. The molecule has 1 aliphatic rings. The Labute approximate surface area is 272 Å². The molecule has 46 heavy (non-hydrogen) atoms. The number of aliphatic hydroxyl groups is 2. The molecule has 2 aromatic carbocycles. The van der Waals surface area contributed by atoms with Crippen molar-refractivity contribution in [2.45, 2.75) is 103 Å². The first-order valence-electron chi connectivity index (χ1n) is 16.8. The van der Waals surface area contributed by atoms with Gasteiger partial charge < -0.3 is 31.1 Å². The first-order valence-corrected chi connectivity index (χ1v) is 16.8. The van der Waals surface area contributed by atoms with Crippen LogP contribution < -0.4 is 16.0 Å². The van der Waals surface area contributed by atoms with Crippen molar-refractivity contribution in [1.29, 1.82) is 0 Å². The maximum Gasteiger partial charge on any atom is 0.251 e. The van der Waals surface area contributed by atoms with Gasteiger partial charge in [0.15, 0.2) is 0 Å². The summed E-state index contributed by atoms with van der Waals surface area (Å²) in [6, 6.07) is 14.8. The van der Waals surface area contributed by atoms with Gasteiger partial charge in [-0.1, -0.05) is 96.6 Å². The summed E-state index contributed by atoms with van der Waals surface area (Å²) in [5, 5.41) is 32.0. The van der Waals surface area contributed by atoms with Crippen molar-refractivity contribution in [2.24, 2.45) is 23.7 Å². The standard InChI is InChI=1S/C36H51N5O5/c1-5-23(4)31(36(46)37-21-29-38-26-18-12-13-19-27(26)39-29)41-35(45)30(22(2)3)33(43)32(42)28(20-24-14-8-6-9-15-24)40-34(44)25-16-10-7-11-17-25/h7,10-13,16-19,22-24,28,30-33,42-43H,5-6,8-9,14-15,20-21H2,1-4H3,(H,37,46)(H,38,39)(H,40,44)(H,41,45)/t23-,28-,30+,31-,32+,33+/m0/s1. The Bertz CT molecular complexity index is 1390. The Balaban J connectivity index is 1.47. The van der Waals surface area contributed by atoms with Gasteiger partial charge in [0.05, 0.1) is 35.6 Å². The van der Waals surface area contributed by atoms with Gasteiger partial charge in [0.2, 0.25) is 11.8 Å². The lowest BCUT2D eigenvalue weighted by Crippen LogP contribution is -2.57. The van der Waals surface area contributed by atoms with Crippen LogP contribution in [0.4, 0.5) is 0 Å². The number of aliphatic hydroxyl groups excluding tert-OH is 2. The highest BCUT2D eigenvalue weighted by molar-refractivity contribution is 5.94. The van der Waals surface area contributed by atoms with E-state index < -0.39 is 36.1 Å². The number of rotatable bonds is 15. The number of H-pyrrole nitrogens is 1. The van der Waals surface area contributed by atoms with Gasteiger partial charge in [-0.3, -0.25) is 14.4 Å². The average molecular weight is 634 g/mol. The fraction of sp³-hybridized carbons (Fsp3) is 0.556. The molecule has 1 aliphatic carbocycles. The molecule has 0 spiro atoms. The topological polar surface area (TPSA) is 156 Å². The summed E-state index contributed by atoms with van der Waals surface area (Å²) in [4.78, 5) is 48.1. The van der Waals surface area contributed by atoms with Gasteiger partial charge in [-0.05, 0) is 48.4 Å². The van der Waals surface area contributed by atoms with Gasteiger partial charge in [0.1, 0.15) is 18.0 Å². The fourth-order valence-corrected chi connectivity index (χ4v) is 6.53. The minimum absolute atomic E-state index is 0.162. The van der Waals surface area contributed by atoms with Crippen LogP contribution in [-0.4, -0.2) is 62.2 Å². The van der Waals surface area contributed by atoms with E-state index >= 15 is 0 Å². The number of carbonyl (C=O) groups excluding carboxylic acids is 3. The maximum absolute atomic E-state index is 13.8. The van der Waals surface area contributed by atoms with Crippen LogP contribution in [0.3, 0.4) is 0 Å². The Kier molecular flexibility index (Phi) is 12.7. The van der Waals surface area contributed by atoms with E-state index in [9.17, 15) is 24.6 Å². The van der Waals surface area contributed by atoms with Crippen LogP contribution in [0.5, 0.6) is 0 Å². The molecule has 10 nitrogen and oxygen atoms in total. The van der Waals surface area contributed by atoms with Gasteiger partial charge in [0.25, 0.3) is 5.91 Å². The molecule has 6 atom stereocenters. The molecule has 0 radical (unpaired) electrons. The second-order valence-electron chi connectivity index (χ2n) is 13.2. The van der Waals surface area contributed by atoms with Gasteiger partial charge in [0, 0.05) is 5.56 Å². The molecular formula is C36H51N5O5. The summed E-state index contributed by atoms with van der Waals surface area (Å²) in [5.74, 6) is -1.89. The molecule has 3 amide bonds. The maximum atomic E-state index is 13.8. The van der Waals surface area contributed by atoms with Crippen LogP contribution >= 0.6 is 0 Å². The molecule has 10 heteroatoms. The number of para-hydroxylation sites is 2. The number of hydrogen-bond donors (Lipinski definition) is 6. The normalized spacial score (nSPS) is 17.9. The van der Waals surface area contributed by atoms with E-state index in [2.05, 4.69) is 25.9 Å². The number of aromatic amines is 1. The van der Waals surface area contributed by atoms with Crippen LogP contribution in [0.2, 0.25) is 0 Å². The smallest absolute Gasteiger partial charge is 0.251 e. The van der Waals surface area contributed by atoms with Gasteiger partial charge >= 0.3 is 0 Å². The Morgan fingerprint density at radius 1 is 0.891 bits per heavy atom. The summed E-state index contributed by atoms with van der Waals surface area (Å²) in [5.41, 5.74) is 2.13. The second kappa shape index (κ2) is 16.7. The molecule has 250 valence electrons. The third-order valence-electron chi connectivity index (χ3n) is 9.48. The molecule has 6 N–H and O–H groups in total. The van der Waals surface area contributed by atoms with Crippen molar-refractivity contribution in [2.75, 3.05) is 0 Å². The Hall–Kier alpha value is -3.76. The first-order chi connectivity index (χ1) is 22.1. The largest absolute Gasteiger partial charge is 0.390 e. The lowest BCUT2D eigenvalue weighted by atomic mass is 9.79. The zero-order valence-corrected chi connectivity index (χ0v) is 27.5. The molecule has 4 rings (SSSR count). The number of nitrogens with one attached hydrogen (secondary N) is 4. The Morgan fingerprint density at radius 3 is 2.22 bits per heavy atom. The monoisotopic (exact) mass is 633 g/mol. The SMILES string of the molecule is CC[C@H](C)[C@H](NC(=O)[C@H](C(C)C)[C@@H](O)[C@H](O)[C@H](CC1CCCCC1)NC(=O)c1ccccc1)C(=O)NCc1nc2ccccc2[nH]1. The summed E-state index contributed by atoms with van der Waals surface area (Å²) in [7, 11) is 0. The predicted octanol–water partition coefficient (Wildman–Crippen LogP) is 4.47. The molecule has 0 bridgehead atoms. The molecule has 0 aliphatic heterocycles. The summed E-state index contributed by atoms with van der Waals surface area (Å²) in [6.45, 7) is 7.60. The van der Waals surface area contributed by atoms with E-state index in [-0.39, 0.29) is 30.2 Å². The highest BCUT2D eigenvalue weighted by atomic mass is 16.3. The van der Waals surface area contributed by atoms with Gasteiger partial charge in [-0.2, -0.15) is 0 Å². The number of fused-ring (bicyclic) bond motifs is 1. The molecule has 3 aromatic rings. The van der Waals surface area contributed by atoms with E-state index in [1.165, 1.54) is 6.42 Å². The van der Waals surface area contributed by atoms with E-state index in [1.807, 2.05) is 44.2 Å². The molecule has 1 aromatic heterocycles. The number of hydrogen-bond acceptors (Lipinski definition) is 6. The summed E-state index contributed by atoms with van der Waals surface area (Å²) < 4.78 is 0. The molecule has 1 saturated carbocycles. The minimum atomic E-state index is -1.47. The van der Waals surface area contributed by atoms with Gasteiger partial charge in [-0.25, -0.2) is 4.98 Å². The van der Waals surface area contributed by atoms with Crippen LogP contribution in [0, 0.1) is 23.7 Å². The number of benzene rings is 2. The third kappa shape index (κ3) is 9.16. The highest BCUT2D eigenvalue weighted by Gasteiger charge is 2.41. The van der Waals surface area contributed by atoms with E-state index in [0.29, 0.717) is 30.1 Å². The van der Waals surface area contributed by atoms with Crippen LogP contribution in [-0.2, 0) is 16.1 Å². The number of nitrogens with zero attached hydrogens (tertiary/aromatic N) is 1. The molecule has 1 fully saturated rings. The lowest BCUT2D eigenvalue weighted by Gasteiger charge is -2.36. The number of aromatic nitrogens is 2. The zero-order chi connectivity index (χ0) is 33.2. The van der Waals surface area contributed by atoms with E-state index in [0.717, 1.165) is 36.7 Å². The minimum Gasteiger partial charge on any atom is -0.390 e. The third-order valence-corrected chi connectivity index (χ3v) is 9.48. The van der Waals surface area contributed by atoms with Crippen molar-refractivity contribution in [3.8, 4) is 0 Å². The van der Waals surface area contributed by atoms with Gasteiger partial charge in [-0.15, -0.1) is 0 Å². The highest BCUT2D eigenvalue weighted by Crippen LogP contribution is 2.30. The van der Waals surface area contributed by atoms with Crippen LogP contribution in [0.25, 0.3) is 11.0 Å². The van der Waals surface area contributed by atoms with Crippen LogP contribution in [0.1, 0.15) is 88.8 Å². The van der Waals surface area contributed by atoms with Crippen molar-refractivity contribution in [1.82, 2.24) is 25.9 Å². The zero-order valence-electron chi connectivity index (χ0n) is 27.5. The van der Waals surface area contributed by atoms with E-state index in [4.69, 9.17) is 0 Å². The molecule has 1 heterocycles. The molecule has 0 saturated heterocycles. The van der Waals surface area contributed by atoms with Crippen molar-refractivity contribution >= 4 is 28.8 Å². The van der Waals surface area contributed by atoms with Crippen molar-refractivity contribution in [3.63, 3.8) is 0 Å². The molecule has 0 unspecified atom stereocenters. The van der Waals surface area contributed by atoms with E-state index in [1.54, 1.807) is 38.1 Å². The number of amides is 3. The number of carbonyl (C=O) groups is 3.